The first-order valence-corrected chi connectivity index (χ1v) is 13.7. The van der Waals surface area contributed by atoms with E-state index in [1.807, 2.05) is 12.1 Å². The van der Waals surface area contributed by atoms with E-state index in [-0.39, 0.29) is 17.4 Å². The van der Waals surface area contributed by atoms with Gasteiger partial charge in [0.15, 0.2) is 0 Å². The highest BCUT2D eigenvalue weighted by atomic mass is 35.5. The van der Waals surface area contributed by atoms with E-state index in [1.54, 1.807) is 17.6 Å². The van der Waals surface area contributed by atoms with Gasteiger partial charge in [-0.1, -0.05) is 30.2 Å². The van der Waals surface area contributed by atoms with Gasteiger partial charge in [0.1, 0.15) is 18.6 Å². The van der Waals surface area contributed by atoms with Crippen LogP contribution in [0.2, 0.25) is 5.02 Å². The Balaban J connectivity index is 1.48. The summed E-state index contributed by atoms with van der Waals surface area (Å²) in [5.74, 6) is -2.50. The Morgan fingerprint density at radius 3 is 2.47 bits per heavy atom. The molecule has 0 aromatic heterocycles. The Morgan fingerprint density at radius 2 is 1.82 bits per heavy atom. The first-order valence-electron chi connectivity index (χ1n) is 11.9. The second-order valence-electron chi connectivity index (χ2n) is 8.86. The molecule has 3 N–H and O–H groups in total. The minimum absolute atomic E-state index is 0.104. The van der Waals surface area contributed by atoms with E-state index >= 15 is 0 Å². The van der Waals surface area contributed by atoms with Gasteiger partial charge in [0.25, 0.3) is 10.0 Å². The highest BCUT2D eigenvalue weighted by molar-refractivity contribution is 7.89. The third-order valence-corrected chi connectivity index (χ3v) is 8.47. The second-order valence-corrected chi connectivity index (χ2v) is 11.2. The number of amides is 1. The molecule has 2 aromatic rings. The number of sulfonamides is 1. The van der Waals surface area contributed by atoms with E-state index in [9.17, 15) is 23.1 Å². The fraction of sp³-hybridized carbons (Fsp3) is 0.360. The lowest BCUT2D eigenvalue weighted by molar-refractivity contribution is -0.143. The molecule has 1 amide bonds. The molecule has 2 aromatic carbocycles. The van der Waals surface area contributed by atoms with Crippen molar-refractivity contribution in [2.24, 2.45) is 11.8 Å². The summed E-state index contributed by atoms with van der Waals surface area (Å²) >= 11 is 5.89. The Labute approximate surface area is 224 Å². The number of hydroxylamine groups is 1. The predicted molar refractivity (Wildman–Crippen MR) is 133 cm³/mol. The molecular formula is C25H27ClN2O9S. The number of carbonyl (C=O) groups excluding carboxylic acids is 1. The average Bonchev–Trinajstić information content (AvgIpc) is 3.58. The van der Waals surface area contributed by atoms with E-state index in [0.717, 1.165) is 16.1 Å². The van der Waals surface area contributed by atoms with Gasteiger partial charge in [0.05, 0.1) is 17.2 Å². The molecule has 13 heteroatoms. The normalized spacial score (nSPS) is 20.7. The molecule has 38 heavy (non-hydrogen) atoms. The van der Waals surface area contributed by atoms with Crippen molar-refractivity contribution in [2.45, 2.75) is 43.5 Å². The summed E-state index contributed by atoms with van der Waals surface area (Å²) in [7, 11) is -4.24. The lowest BCUT2D eigenvalue weighted by Crippen LogP contribution is -2.37. The number of benzene rings is 2. The SMILES string of the molecule is O=C(O)CCN(C1=COC(C2CCCC2C(=O)NO)O1)S(=O)(=O)c1ccc(OCc2ccc(Cl)cc2)cc1. The van der Waals surface area contributed by atoms with Crippen LogP contribution in [0.1, 0.15) is 31.2 Å². The summed E-state index contributed by atoms with van der Waals surface area (Å²) in [6.45, 7) is -0.149. The van der Waals surface area contributed by atoms with Crippen LogP contribution >= 0.6 is 11.6 Å². The fourth-order valence-electron chi connectivity index (χ4n) is 4.46. The molecule has 0 spiro atoms. The summed E-state index contributed by atoms with van der Waals surface area (Å²) in [6, 6.07) is 12.8. The highest BCUT2D eigenvalue weighted by Gasteiger charge is 2.44. The van der Waals surface area contributed by atoms with Crippen LogP contribution in [-0.4, -0.2) is 47.7 Å². The third kappa shape index (κ3) is 6.32. The summed E-state index contributed by atoms with van der Waals surface area (Å²) < 4.78 is 44.9. The van der Waals surface area contributed by atoms with Gasteiger partial charge in [0.2, 0.25) is 18.1 Å². The first kappa shape index (κ1) is 27.6. The molecule has 1 heterocycles. The number of hydrogen-bond acceptors (Lipinski definition) is 8. The van der Waals surface area contributed by atoms with Crippen molar-refractivity contribution in [3.05, 3.63) is 71.3 Å². The van der Waals surface area contributed by atoms with E-state index in [2.05, 4.69) is 0 Å². The van der Waals surface area contributed by atoms with Crippen molar-refractivity contribution in [2.75, 3.05) is 6.54 Å². The Kier molecular flexibility index (Phi) is 8.65. The zero-order valence-electron chi connectivity index (χ0n) is 20.2. The van der Waals surface area contributed by atoms with Crippen LogP contribution in [0.4, 0.5) is 0 Å². The van der Waals surface area contributed by atoms with E-state index in [0.29, 0.717) is 30.0 Å². The molecule has 1 aliphatic carbocycles. The fourth-order valence-corrected chi connectivity index (χ4v) is 5.97. The number of nitrogens with one attached hydrogen (secondary N) is 1. The molecule has 0 radical (unpaired) electrons. The molecule has 204 valence electrons. The quantitative estimate of drug-likeness (QED) is 0.274. The minimum Gasteiger partial charge on any atom is -0.489 e. The summed E-state index contributed by atoms with van der Waals surface area (Å²) in [4.78, 5) is 23.2. The second kappa shape index (κ2) is 11.9. The van der Waals surface area contributed by atoms with Crippen LogP contribution in [0.3, 0.4) is 0 Å². The zero-order valence-corrected chi connectivity index (χ0v) is 21.7. The monoisotopic (exact) mass is 566 g/mol. The smallest absolute Gasteiger partial charge is 0.305 e. The van der Waals surface area contributed by atoms with Gasteiger partial charge in [-0.3, -0.25) is 14.8 Å². The number of nitrogens with zero attached hydrogens (tertiary/aromatic N) is 1. The molecule has 0 bridgehead atoms. The highest BCUT2D eigenvalue weighted by Crippen LogP contribution is 2.39. The van der Waals surface area contributed by atoms with Crippen LogP contribution in [-0.2, 0) is 35.7 Å². The van der Waals surface area contributed by atoms with Gasteiger partial charge in [-0.25, -0.2) is 18.2 Å². The summed E-state index contributed by atoms with van der Waals surface area (Å²) in [5, 5.41) is 18.8. The van der Waals surface area contributed by atoms with Gasteiger partial charge in [-0.15, -0.1) is 0 Å². The van der Waals surface area contributed by atoms with Crippen LogP contribution in [0.25, 0.3) is 0 Å². The summed E-state index contributed by atoms with van der Waals surface area (Å²) in [6.07, 6.45) is 1.47. The Bertz CT molecular complexity index is 1280. The molecule has 0 saturated heterocycles. The predicted octanol–water partition coefficient (Wildman–Crippen LogP) is 3.48. The molecule has 4 rings (SSSR count). The molecule has 11 nitrogen and oxygen atoms in total. The van der Waals surface area contributed by atoms with Crippen LogP contribution in [0, 0.1) is 11.8 Å². The average molecular weight is 567 g/mol. The summed E-state index contributed by atoms with van der Waals surface area (Å²) in [5.41, 5.74) is 2.52. The number of carboxylic acids is 1. The van der Waals surface area contributed by atoms with E-state index in [4.69, 9.17) is 31.0 Å². The number of halogens is 1. The number of carbonyl (C=O) groups is 2. The maximum absolute atomic E-state index is 13.5. The van der Waals surface area contributed by atoms with Crippen molar-refractivity contribution < 1.29 is 42.5 Å². The van der Waals surface area contributed by atoms with Crippen molar-refractivity contribution in [3.63, 3.8) is 0 Å². The molecular weight excluding hydrogens is 540 g/mol. The molecule has 3 unspecified atom stereocenters. The number of rotatable bonds is 11. The number of ether oxygens (including phenoxy) is 3. The van der Waals surface area contributed by atoms with Crippen molar-refractivity contribution in [3.8, 4) is 5.75 Å². The molecule has 1 fully saturated rings. The van der Waals surface area contributed by atoms with Gasteiger partial charge < -0.3 is 19.3 Å². The number of aliphatic carboxylic acids is 1. The lowest BCUT2D eigenvalue weighted by Gasteiger charge is -2.27. The van der Waals surface area contributed by atoms with Gasteiger partial charge >= 0.3 is 5.97 Å². The van der Waals surface area contributed by atoms with Crippen molar-refractivity contribution in [1.82, 2.24) is 9.79 Å². The van der Waals surface area contributed by atoms with Crippen molar-refractivity contribution in [1.29, 1.82) is 0 Å². The maximum atomic E-state index is 13.5. The van der Waals surface area contributed by atoms with Crippen LogP contribution in [0.5, 0.6) is 5.75 Å². The topological polar surface area (TPSA) is 152 Å². The molecule has 2 aliphatic rings. The molecule has 1 saturated carbocycles. The number of hydrogen-bond donors (Lipinski definition) is 3. The van der Waals surface area contributed by atoms with Gasteiger partial charge in [0, 0.05) is 17.5 Å². The van der Waals surface area contributed by atoms with Crippen LogP contribution < -0.4 is 10.2 Å². The van der Waals surface area contributed by atoms with E-state index < -0.39 is 53.0 Å². The maximum Gasteiger partial charge on any atom is 0.305 e. The number of carboxylic acid groups (broad SMARTS) is 1. The van der Waals surface area contributed by atoms with Crippen molar-refractivity contribution >= 4 is 33.5 Å². The Hall–Kier alpha value is -3.48. The standard InChI is InChI=1S/C25H27ClN2O9S/c26-17-6-4-16(5-7-17)14-35-18-8-10-19(11-9-18)38(33,34)28(13-12-23(29)30)22-15-36-25(37-22)21-3-1-2-20(21)24(31)27-32/h4-11,15,20-21,25,32H,1-3,12-14H2,(H,27,31)(H,29,30). The van der Waals surface area contributed by atoms with Gasteiger partial charge in [-0.05, 0) is 54.8 Å². The van der Waals surface area contributed by atoms with E-state index in [1.165, 1.54) is 24.3 Å². The first-order chi connectivity index (χ1) is 18.2. The molecule has 3 atom stereocenters. The Morgan fingerprint density at radius 1 is 1.11 bits per heavy atom. The minimum atomic E-state index is -4.24. The zero-order chi connectivity index (χ0) is 27.3. The molecule has 1 aliphatic heterocycles. The third-order valence-electron chi connectivity index (χ3n) is 6.41. The van der Waals surface area contributed by atoms with Crippen LogP contribution in [0.15, 0.2) is 65.6 Å². The lowest BCUT2D eigenvalue weighted by atomic mass is 9.95. The van der Waals surface area contributed by atoms with Gasteiger partial charge in [-0.2, -0.15) is 0 Å². The largest absolute Gasteiger partial charge is 0.489 e.